The quantitative estimate of drug-likeness (QED) is 0.534. The molecule has 0 bridgehead atoms. The van der Waals surface area contributed by atoms with E-state index >= 15 is 0 Å². The molecule has 28 heavy (non-hydrogen) atoms. The van der Waals surface area contributed by atoms with Crippen LogP contribution >= 0.6 is 0 Å². The summed E-state index contributed by atoms with van der Waals surface area (Å²) in [5.41, 5.74) is 5.33. The van der Waals surface area contributed by atoms with E-state index in [2.05, 4.69) is 55.5 Å². The first-order valence-corrected chi connectivity index (χ1v) is 9.24. The predicted octanol–water partition coefficient (Wildman–Crippen LogP) is 3.68. The maximum atomic E-state index is 5.54. The van der Waals surface area contributed by atoms with Gasteiger partial charge in [0, 0.05) is 24.1 Å². The Labute approximate surface area is 163 Å². The third-order valence-electron chi connectivity index (χ3n) is 4.76. The van der Waals surface area contributed by atoms with Gasteiger partial charge in [-0.1, -0.05) is 47.7 Å². The van der Waals surface area contributed by atoms with E-state index in [0.717, 1.165) is 59.0 Å². The van der Waals surface area contributed by atoms with Gasteiger partial charge in [0.15, 0.2) is 5.82 Å². The van der Waals surface area contributed by atoms with Crippen molar-refractivity contribution in [3.63, 3.8) is 0 Å². The summed E-state index contributed by atoms with van der Waals surface area (Å²) in [6, 6.07) is 16.5. The Kier molecular flexibility index (Phi) is 5.14. The van der Waals surface area contributed by atoms with Crippen LogP contribution in [-0.2, 0) is 13.0 Å². The molecule has 7 nitrogen and oxygen atoms in total. The molecule has 4 rings (SSSR count). The molecule has 0 aliphatic rings. The Balaban J connectivity index is 1.71. The number of nitrogens with zero attached hydrogens (tertiary/aromatic N) is 5. The first kappa shape index (κ1) is 17.9. The van der Waals surface area contributed by atoms with Gasteiger partial charge in [-0.25, -0.2) is 4.98 Å². The predicted molar refractivity (Wildman–Crippen MR) is 107 cm³/mol. The molecule has 0 amide bonds. The highest BCUT2D eigenvalue weighted by molar-refractivity contribution is 5.79. The van der Waals surface area contributed by atoms with Gasteiger partial charge in [0.25, 0.3) is 0 Å². The van der Waals surface area contributed by atoms with Gasteiger partial charge in [-0.05, 0) is 25.0 Å². The molecule has 0 saturated heterocycles. The zero-order chi connectivity index (χ0) is 19.3. The number of rotatable bonds is 7. The lowest BCUT2D eigenvalue weighted by atomic mass is 10.0. The minimum absolute atomic E-state index is 0.724. The van der Waals surface area contributed by atoms with Crippen LogP contribution in [0.25, 0.3) is 22.5 Å². The maximum Gasteiger partial charge on any atom is 0.174 e. The molecule has 0 unspecified atom stereocenters. The average molecular weight is 374 g/mol. The zero-order valence-corrected chi connectivity index (χ0v) is 16.0. The van der Waals surface area contributed by atoms with Crippen molar-refractivity contribution in [1.82, 2.24) is 30.2 Å². The molecule has 0 radical (unpaired) electrons. The van der Waals surface area contributed by atoms with Gasteiger partial charge in [0.1, 0.15) is 5.75 Å². The molecular weight excluding hydrogens is 352 g/mol. The summed E-state index contributed by atoms with van der Waals surface area (Å²) < 4.78 is 7.73. The Morgan fingerprint density at radius 1 is 1.07 bits per heavy atom. The van der Waals surface area contributed by atoms with Crippen LogP contribution in [0.3, 0.4) is 0 Å². The summed E-state index contributed by atoms with van der Waals surface area (Å²) in [4.78, 5) is 4.73. The first-order valence-electron chi connectivity index (χ1n) is 9.24. The van der Waals surface area contributed by atoms with E-state index in [0.29, 0.717) is 0 Å². The van der Waals surface area contributed by atoms with Crippen LogP contribution in [-0.4, -0.2) is 37.3 Å². The summed E-state index contributed by atoms with van der Waals surface area (Å²) >= 11 is 0. The van der Waals surface area contributed by atoms with Crippen molar-refractivity contribution in [2.24, 2.45) is 0 Å². The van der Waals surface area contributed by atoms with Crippen LogP contribution in [0.1, 0.15) is 17.8 Å². The summed E-state index contributed by atoms with van der Waals surface area (Å²) in [5, 5.41) is 14.2. The molecule has 0 aliphatic carbocycles. The number of aromatic amines is 1. The second-order valence-electron chi connectivity index (χ2n) is 6.62. The van der Waals surface area contributed by atoms with E-state index < -0.39 is 0 Å². The highest BCUT2D eigenvalue weighted by Gasteiger charge is 2.16. The number of hydrogen-bond acceptors (Lipinski definition) is 5. The van der Waals surface area contributed by atoms with E-state index in [4.69, 9.17) is 9.72 Å². The number of methoxy groups -OCH3 is 1. The summed E-state index contributed by atoms with van der Waals surface area (Å²) in [7, 11) is 1.70. The summed E-state index contributed by atoms with van der Waals surface area (Å²) in [6.45, 7) is 2.85. The van der Waals surface area contributed by atoms with Gasteiger partial charge < -0.3 is 9.30 Å². The lowest BCUT2D eigenvalue weighted by molar-refractivity contribution is 0.412. The van der Waals surface area contributed by atoms with Crippen molar-refractivity contribution in [2.75, 3.05) is 7.11 Å². The Hall–Kier alpha value is -3.48. The van der Waals surface area contributed by atoms with Gasteiger partial charge in [0.2, 0.25) is 0 Å². The van der Waals surface area contributed by atoms with E-state index in [-0.39, 0.29) is 0 Å². The third kappa shape index (κ3) is 3.64. The highest BCUT2D eigenvalue weighted by Crippen LogP contribution is 2.34. The number of aryl methyl sites for hydroxylation is 3. The monoisotopic (exact) mass is 374 g/mol. The van der Waals surface area contributed by atoms with E-state index in [9.17, 15) is 0 Å². The summed E-state index contributed by atoms with van der Waals surface area (Å²) in [6.07, 6.45) is 3.55. The van der Waals surface area contributed by atoms with Gasteiger partial charge in [0.05, 0.1) is 24.8 Å². The minimum atomic E-state index is 0.724. The Morgan fingerprint density at radius 2 is 1.93 bits per heavy atom. The molecule has 0 saturated carbocycles. The molecule has 2 aromatic carbocycles. The van der Waals surface area contributed by atoms with Crippen molar-refractivity contribution >= 4 is 0 Å². The van der Waals surface area contributed by atoms with Crippen molar-refractivity contribution < 1.29 is 4.74 Å². The normalized spacial score (nSPS) is 10.9. The van der Waals surface area contributed by atoms with Gasteiger partial charge >= 0.3 is 0 Å². The molecule has 142 valence electrons. The molecule has 0 aliphatic heterocycles. The standard InChI is InChI=1S/C21H22N6O/c1-15-10-11-17(13-18(15)28-2)21-20(16-7-4-3-5-8-16)22-14-27(21)12-6-9-19-23-25-26-24-19/h3-5,7-8,10-11,13-14H,6,9,12H2,1-2H3,(H,23,24,25,26). The number of aromatic nitrogens is 6. The molecule has 0 fully saturated rings. The van der Waals surface area contributed by atoms with Crippen molar-refractivity contribution in [2.45, 2.75) is 26.3 Å². The van der Waals surface area contributed by atoms with Crippen LogP contribution in [0, 0.1) is 6.92 Å². The Morgan fingerprint density at radius 3 is 2.68 bits per heavy atom. The molecule has 0 atom stereocenters. The van der Waals surface area contributed by atoms with Crippen molar-refractivity contribution in [1.29, 1.82) is 0 Å². The van der Waals surface area contributed by atoms with E-state index in [1.807, 2.05) is 31.5 Å². The average Bonchev–Trinajstić information content (AvgIpc) is 3.39. The van der Waals surface area contributed by atoms with Gasteiger partial charge in [-0.2, -0.15) is 5.21 Å². The molecule has 2 heterocycles. The smallest absolute Gasteiger partial charge is 0.174 e. The number of tetrazole rings is 1. The van der Waals surface area contributed by atoms with E-state index in [1.54, 1.807) is 7.11 Å². The van der Waals surface area contributed by atoms with Crippen LogP contribution < -0.4 is 4.74 Å². The lowest BCUT2D eigenvalue weighted by Crippen LogP contribution is -2.02. The topological polar surface area (TPSA) is 81.5 Å². The number of H-pyrrole nitrogens is 1. The fourth-order valence-corrected chi connectivity index (χ4v) is 3.32. The largest absolute Gasteiger partial charge is 0.496 e. The molecule has 0 spiro atoms. The van der Waals surface area contributed by atoms with Crippen LogP contribution in [0.4, 0.5) is 0 Å². The maximum absolute atomic E-state index is 5.54. The fraction of sp³-hybridized carbons (Fsp3) is 0.238. The molecule has 7 heteroatoms. The number of hydrogen-bond donors (Lipinski definition) is 1. The Bertz CT molecular complexity index is 1040. The van der Waals surface area contributed by atoms with E-state index in [1.165, 1.54) is 0 Å². The van der Waals surface area contributed by atoms with Gasteiger partial charge in [-0.15, -0.1) is 10.2 Å². The lowest BCUT2D eigenvalue weighted by Gasteiger charge is -2.13. The molecule has 1 N–H and O–H groups in total. The number of ether oxygens (including phenoxy) is 1. The molecule has 4 aromatic rings. The van der Waals surface area contributed by atoms with Crippen LogP contribution in [0.5, 0.6) is 5.75 Å². The first-order chi connectivity index (χ1) is 13.8. The number of benzene rings is 2. The van der Waals surface area contributed by atoms with Crippen LogP contribution in [0.15, 0.2) is 54.9 Å². The zero-order valence-electron chi connectivity index (χ0n) is 16.0. The molecule has 2 aromatic heterocycles. The second-order valence-corrected chi connectivity index (χ2v) is 6.62. The third-order valence-corrected chi connectivity index (χ3v) is 4.76. The molecular formula is C21H22N6O. The second kappa shape index (κ2) is 8.04. The van der Waals surface area contributed by atoms with Crippen LogP contribution in [0.2, 0.25) is 0 Å². The summed E-state index contributed by atoms with van der Waals surface area (Å²) in [5.74, 6) is 1.60. The SMILES string of the molecule is COc1cc(-c2c(-c3ccccc3)ncn2CCCc2nn[nH]n2)ccc1C. The highest BCUT2D eigenvalue weighted by atomic mass is 16.5. The van der Waals surface area contributed by atoms with Crippen molar-refractivity contribution in [3.8, 4) is 28.3 Å². The fourth-order valence-electron chi connectivity index (χ4n) is 3.32. The number of nitrogens with one attached hydrogen (secondary N) is 1. The van der Waals surface area contributed by atoms with Gasteiger partial charge in [-0.3, -0.25) is 0 Å². The number of imidazole rings is 1. The minimum Gasteiger partial charge on any atom is -0.496 e. The van der Waals surface area contributed by atoms with Crippen molar-refractivity contribution in [3.05, 3.63) is 66.2 Å².